The van der Waals surface area contributed by atoms with E-state index in [1.54, 1.807) is 7.11 Å². The summed E-state index contributed by atoms with van der Waals surface area (Å²) in [5.74, 6) is 1.59. The topological polar surface area (TPSA) is 48.0 Å². The molecule has 0 aromatic heterocycles. The average molecular weight is 450 g/mol. The maximum Gasteiger partial charge on any atom is 0.338 e. The fraction of sp³-hybridized carbons (Fsp3) is 0.536. The Balaban J connectivity index is 1.44. The summed E-state index contributed by atoms with van der Waals surface area (Å²) < 4.78 is 18.4. The first-order chi connectivity index (χ1) is 15.6. The number of benzene rings is 2. The van der Waals surface area contributed by atoms with Gasteiger partial charge in [0.15, 0.2) is 11.5 Å². The quantitative estimate of drug-likeness (QED) is 0.611. The SMILES string of the molecule is COc1ccc2c3c1OC1C[C@@H](OC(=O)c4ccc(C(C)(C)C)cc4)C(C)[C@@]31CCN(C)C2. The van der Waals surface area contributed by atoms with Gasteiger partial charge < -0.3 is 19.1 Å². The van der Waals surface area contributed by atoms with Crippen molar-refractivity contribution >= 4 is 5.97 Å². The summed E-state index contributed by atoms with van der Waals surface area (Å²) in [5, 5.41) is 0. The van der Waals surface area contributed by atoms with Crippen LogP contribution in [0.2, 0.25) is 0 Å². The Morgan fingerprint density at radius 3 is 2.55 bits per heavy atom. The van der Waals surface area contributed by atoms with Crippen LogP contribution in [-0.2, 0) is 22.1 Å². The summed E-state index contributed by atoms with van der Waals surface area (Å²) in [4.78, 5) is 15.4. The summed E-state index contributed by atoms with van der Waals surface area (Å²) in [6, 6.07) is 12.0. The molecule has 176 valence electrons. The van der Waals surface area contributed by atoms with Crippen molar-refractivity contribution in [2.45, 2.75) is 70.1 Å². The van der Waals surface area contributed by atoms with Crippen molar-refractivity contribution in [1.82, 2.24) is 4.90 Å². The molecule has 0 amide bonds. The molecular formula is C28H35NO4. The normalized spacial score (nSPS) is 28.5. The Morgan fingerprint density at radius 1 is 1.15 bits per heavy atom. The first-order valence-corrected chi connectivity index (χ1v) is 12.0. The van der Waals surface area contributed by atoms with Crippen LogP contribution in [0.3, 0.4) is 0 Å². The minimum Gasteiger partial charge on any atom is -0.493 e. The molecule has 0 bridgehead atoms. The van der Waals surface area contributed by atoms with Gasteiger partial charge in [-0.2, -0.15) is 0 Å². The average Bonchev–Trinajstić information content (AvgIpc) is 3.17. The molecule has 3 aliphatic rings. The largest absolute Gasteiger partial charge is 0.493 e. The molecule has 2 heterocycles. The van der Waals surface area contributed by atoms with Gasteiger partial charge in [0.25, 0.3) is 0 Å². The predicted octanol–water partition coefficient (Wildman–Crippen LogP) is 5.09. The molecule has 5 heteroatoms. The highest BCUT2D eigenvalue weighted by atomic mass is 16.6. The number of esters is 1. The van der Waals surface area contributed by atoms with Crippen LogP contribution >= 0.6 is 0 Å². The third-order valence-electron chi connectivity index (χ3n) is 8.14. The van der Waals surface area contributed by atoms with Gasteiger partial charge in [-0.25, -0.2) is 4.79 Å². The van der Waals surface area contributed by atoms with Gasteiger partial charge >= 0.3 is 5.97 Å². The Hall–Kier alpha value is -2.53. The first kappa shape index (κ1) is 22.3. The van der Waals surface area contributed by atoms with Crippen LogP contribution in [0.4, 0.5) is 0 Å². The van der Waals surface area contributed by atoms with E-state index in [0.717, 1.165) is 31.0 Å². The van der Waals surface area contributed by atoms with Gasteiger partial charge in [-0.05, 0) is 54.8 Å². The molecule has 1 fully saturated rings. The Bertz CT molecular complexity index is 1070. The lowest BCUT2D eigenvalue weighted by Gasteiger charge is -2.34. The van der Waals surface area contributed by atoms with E-state index in [1.807, 2.05) is 30.3 Å². The minimum absolute atomic E-state index is 0.00915. The van der Waals surface area contributed by atoms with E-state index in [4.69, 9.17) is 14.2 Å². The van der Waals surface area contributed by atoms with Crippen LogP contribution in [0.1, 0.15) is 67.6 Å². The molecule has 1 aliphatic carbocycles. The number of nitrogens with zero attached hydrogens (tertiary/aromatic N) is 1. The van der Waals surface area contributed by atoms with Crippen LogP contribution in [0.15, 0.2) is 36.4 Å². The van der Waals surface area contributed by atoms with Crippen molar-refractivity contribution in [3.63, 3.8) is 0 Å². The van der Waals surface area contributed by atoms with Crippen molar-refractivity contribution in [3.8, 4) is 11.5 Å². The lowest BCUT2D eigenvalue weighted by molar-refractivity contribution is 0.0173. The maximum absolute atomic E-state index is 13.1. The highest BCUT2D eigenvalue weighted by molar-refractivity contribution is 5.89. The predicted molar refractivity (Wildman–Crippen MR) is 128 cm³/mol. The smallest absolute Gasteiger partial charge is 0.338 e. The number of hydrogen-bond acceptors (Lipinski definition) is 5. The van der Waals surface area contributed by atoms with Crippen LogP contribution in [-0.4, -0.2) is 43.8 Å². The molecule has 2 aromatic rings. The number of rotatable bonds is 3. The lowest BCUT2D eigenvalue weighted by atomic mass is 9.69. The molecule has 2 aliphatic heterocycles. The molecule has 5 rings (SSSR count). The second-order valence-electron chi connectivity index (χ2n) is 11.1. The van der Waals surface area contributed by atoms with E-state index >= 15 is 0 Å². The van der Waals surface area contributed by atoms with Crippen molar-refractivity contribution in [3.05, 3.63) is 58.7 Å². The first-order valence-electron chi connectivity index (χ1n) is 12.0. The van der Waals surface area contributed by atoms with Gasteiger partial charge in [0.2, 0.25) is 0 Å². The molecule has 33 heavy (non-hydrogen) atoms. The van der Waals surface area contributed by atoms with Gasteiger partial charge in [-0.3, -0.25) is 0 Å². The standard InChI is InChI=1S/C28H35NO4/c1-17-22(32-26(30)18-7-10-20(11-8-18)27(2,3)4)15-23-28(17)13-14-29(5)16-19-9-12-21(31-6)25(33-23)24(19)28/h7-12,17,22-23H,13-16H2,1-6H3/t17?,22-,23?,28-/m1/s1. The second-order valence-corrected chi connectivity index (χ2v) is 11.1. The number of hydrogen-bond donors (Lipinski definition) is 0. The number of carbonyl (C=O) groups excluding carboxylic acids is 1. The van der Waals surface area contributed by atoms with Crippen LogP contribution in [0, 0.1) is 5.92 Å². The third kappa shape index (κ3) is 3.43. The van der Waals surface area contributed by atoms with Crippen molar-refractivity contribution in [2.75, 3.05) is 20.7 Å². The Kier molecular flexibility index (Phi) is 5.24. The molecule has 0 N–H and O–H groups in total. The molecule has 1 spiro atoms. The highest BCUT2D eigenvalue weighted by Gasteiger charge is 2.62. The minimum atomic E-state index is -0.250. The molecule has 5 nitrogen and oxygen atoms in total. The van der Waals surface area contributed by atoms with Crippen LogP contribution in [0.25, 0.3) is 0 Å². The van der Waals surface area contributed by atoms with Gasteiger partial charge in [-0.15, -0.1) is 0 Å². The number of methoxy groups -OCH3 is 1. The fourth-order valence-corrected chi connectivity index (χ4v) is 6.18. The summed E-state index contributed by atoms with van der Waals surface area (Å²) in [6.07, 6.45) is 1.50. The number of ether oxygens (including phenoxy) is 3. The van der Waals surface area contributed by atoms with Gasteiger partial charge in [-0.1, -0.05) is 45.9 Å². The van der Waals surface area contributed by atoms with Gasteiger partial charge in [0.05, 0.1) is 12.7 Å². The van der Waals surface area contributed by atoms with Crippen molar-refractivity contribution in [1.29, 1.82) is 0 Å². The summed E-state index contributed by atoms with van der Waals surface area (Å²) >= 11 is 0. The summed E-state index contributed by atoms with van der Waals surface area (Å²) in [5.41, 5.74) is 4.27. The van der Waals surface area contributed by atoms with Gasteiger partial charge in [0.1, 0.15) is 12.2 Å². The molecule has 4 atom stereocenters. The van der Waals surface area contributed by atoms with E-state index in [2.05, 4.69) is 45.7 Å². The zero-order chi connectivity index (χ0) is 23.5. The fourth-order valence-electron chi connectivity index (χ4n) is 6.18. The molecule has 2 aromatic carbocycles. The van der Waals surface area contributed by atoms with E-state index in [1.165, 1.54) is 16.7 Å². The van der Waals surface area contributed by atoms with E-state index in [-0.39, 0.29) is 34.9 Å². The molecule has 1 saturated carbocycles. The monoisotopic (exact) mass is 449 g/mol. The number of carbonyl (C=O) groups is 1. The molecule has 0 radical (unpaired) electrons. The van der Waals surface area contributed by atoms with E-state index in [9.17, 15) is 4.79 Å². The van der Waals surface area contributed by atoms with E-state index in [0.29, 0.717) is 12.0 Å². The van der Waals surface area contributed by atoms with Crippen molar-refractivity contribution in [2.24, 2.45) is 5.92 Å². The summed E-state index contributed by atoms with van der Waals surface area (Å²) in [7, 11) is 3.87. The third-order valence-corrected chi connectivity index (χ3v) is 8.14. The molecular weight excluding hydrogens is 414 g/mol. The lowest BCUT2D eigenvalue weighted by Crippen LogP contribution is -2.40. The Morgan fingerprint density at radius 2 is 1.88 bits per heavy atom. The second kappa shape index (κ2) is 7.76. The zero-order valence-electron chi connectivity index (χ0n) is 20.6. The van der Waals surface area contributed by atoms with Crippen molar-refractivity contribution < 1.29 is 19.0 Å². The van der Waals surface area contributed by atoms with Crippen LogP contribution in [0.5, 0.6) is 11.5 Å². The maximum atomic E-state index is 13.1. The Labute approximate surface area is 197 Å². The highest BCUT2D eigenvalue weighted by Crippen LogP contribution is 2.61. The molecule has 0 saturated heterocycles. The summed E-state index contributed by atoms with van der Waals surface area (Å²) in [6.45, 7) is 10.6. The van der Waals surface area contributed by atoms with Gasteiger partial charge in [0, 0.05) is 29.9 Å². The van der Waals surface area contributed by atoms with Crippen LogP contribution < -0.4 is 9.47 Å². The molecule has 2 unspecified atom stereocenters. The zero-order valence-corrected chi connectivity index (χ0v) is 20.6. The van der Waals surface area contributed by atoms with E-state index < -0.39 is 0 Å².